The molecule has 49 heavy (non-hydrogen) atoms. The van der Waals surface area contributed by atoms with Crippen LogP contribution in [-0.2, 0) is 0 Å². The summed E-state index contributed by atoms with van der Waals surface area (Å²) in [4.78, 5) is 2.34. The molecule has 0 amide bonds. The predicted molar refractivity (Wildman–Crippen MR) is 210 cm³/mol. The van der Waals surface area contributed by atoms with Gasteiger partial charge in [-0.3, -0.25) is 0 Å². The maximum absolute atomic E-state index is 6.61. The van der Waals surface area contributed by atoms with Crippen LogP contribution < -0.4 is 4.90 Å². The molecular formula is C46H29NOS. The van der Waals surface area contributed by atoms with E-state index in [1.54, 1.807) is 0 Å². The van der Waals surface area contributed by atoms with E-state index >= 15 is 0 Å². The lowest BCUT2D eigenvalue weighted by Gasteiger charge is -2.26. The van der Waals surface area contributed by atoms with Gasteiger partial charge in [-0.05, 0) is 81.6 Å². The molecule has 0 bridgehead atoms. The zero-order chi connectivity index (χ0) is 32.3. The molecule has 0 saturated carbocycles. The molecule has 0 radical (unpaired) electrons. The van der Waals surface area contributed by atoms with Crippen LogP contribution >= 0.6 is 11.3 Å². The molecule has 10 rings (SSSR count). The molecule has 0 spiro atoms. The third kappa shape index (κ3) is 4.55. The molecule has 0 fully saturated rings. The first-order chi connectivity index (χ1) is 24.3. The first-order valence-electron chi connectivity index (χ1n) is 16.6. The van der Waals surface area contributed by atoms with Crippen molar-refractivity contribution in [2.24, 2.45) is 0 Å². The van der Waals surface area contributed by atoms with E-state index in [1.807, 2.05) is 23.5 Å². The van der Waals surface area contributed by atoms with Gasteiger partial charge >= 0.3 is 0 Å². The Morgan fingerprint density at radius 2 is 1.10 bits per heavy atom. The highest BCUT2D eigenvalue weighted by Gasteiger charge is 2.20. The van der Waals surface area contributed by atoms with Crippen LogP contribution in [0.3, 0.4) is 0 Å². The van der Waals surface area contributed by atoms with E-state index in [-0.39, 0.29) is 0 Å². The molecule has 3 heteroatoms. The van der Waals surface area contributed by atoms with E-state index in [9.17, 15) is 0 Å². The molecule has 0 atom stereocenters. The number of thiophene rings is 1. The maximum atomic E-state index is 6.61. The number of benzene rings is 8. The van der Waals surface area contributed by atoms with Crippen LogP contribution in [0.5, 0.6) is 0 Å². The van der Waals surface area contributed by atoms with E-state index in [4.69, 9.17) is 4.42 Å². The number of nitrogens with zero attached hydrogens (tertiary/aromatic N) is 1. The number of anilines is 3. The van der Waals surface area contributed by atoms with E-state index in [0.29, 0.717) is 0 Å². The molecule has 0 N–H and O–H groups in total. The summed E-state index contributed by atoms with van der Waals surface area (Å²) in [6, 6.07) is 63.2. The van der Waals surface area contributed by atoms with E-state index in [2.05, 4.69) is 169 Å². The van der Waals surface area contributed by atoms with Crippen molar-refractivity contribution in [3.05, 3.63) is 176 Å². The summed E-state index contributed by atoms with van der Waals surface area (Å²) in [5, 5.41) is 7.34. The van der Waals surface area contributed by atoms with Crippen molar-refractivity contribution in [3.63, 3.8) is 0 Å². The van der Waals surface area contributed by atoms with Gasteiger partial charge in [0.1, 0.15) is 5.58 Å². The quantitative estimate of drug-likeness (QED) is 0.186. The highest BCUT2D eigenvalue weighted by Crippen LogP contribution is 2.45. The average Bonchev–Trinajstić information content (AvgIpc) is 3.74. The number of hydrogen-bond acceptors (Lipinski definition) is 3. The van der Waals surface area contributed by atoms with Crippen molar-refractivity contribution < 1.29 is 4.42 Å². The van der Waals surface area contributed by atoms with Gasteiger partial charge in [0.2, 0.25) is 0 Å². The highest BCUT2D eigenvalue weighted by atomic mass is 32.1. The van der Waals surface area contributed by atoms with Crippen LogP contribution in [0, 0.1) is 0 Å². The van der Waals surface area contributed by atoms with Gasteiger partial charge in [0, 0.05) is 42.3 Å². The summed E-state index contributed by atoms with van der Waals surface area (Å²) in [6.45, 7) is 0. The molecule has 0 saturated heterocycles. The Kier molecular flexibility index (Phi) is 6.39. The van der Waals surface area contributed by atoms with E-state index in [0.717, 1.165) is 39.0 Å². The van der Waals surface area contributed by atoms with Gasteiger partial charge in [0.05, 0.1) is 5.69 Å². The van der Waals surface area contributed by atoms with Gasteiger partial charge in [0.15, 0.2) is 5.58 Å². The highest BCUT2D eigenvalue weighted by molar-refractivity contribution is 7.25. The summed E-state index contributed by atoms with van der Waals surface area (Å²) >= 11 is 1.86. The molecule has 0 aliphatic carbocycles. The van der Waals surface area contributed by atoms with Gasteiger partial charge in [-0.15, -0.1) is 11.3 Å². The van der Waals surface area contributed by atoms with Crippen molar-refractivity contribution >= 4 is 81.3 Å². The third-order valence-electron chi connectivity index (χ3n) is 9.67. The summed E-state index contributed by atoms with van der Waals surface area (Å²) in [5.41, 5.74) is 9.74. The SMILES string of the molecule is c1cc(-c2cccc3ccccc23)cc(N(c2ccc(-c3cccc4sc5ccccc5c34)cc2)c2cccc3c2oc2ccccc23)c1. The fraction of sp³-hybridized carbons (Fsp3) is 0. The smallest absolute Gasteiger partial charge is 0.159 e. The first-order valence-corrected chi connectivity index (χ1v) is 17.4. The lowest BCUT2D eigenvalue weighted by atomic mass is 9.97. The van der Waals surface area contributed by atoms with Crippen LogP contribution in [0.15, 0.2) is 180 Å². The van der Waals surface area contributed by atoms with Gasteiger partial charge in [0.25, 0.3) is 0 Å². The van der Waals surface area contributed by atoms with Gasteiger partial charge in [-0.2, -0.15) is 0 Å². The summed E-state index contributed by atoms with van der Waals surface area (Å²) in [7, 11) is 0. The maximum Gasteiger partial charge on any atom is 0.159 e. The molecule has 2 aromatic heterocycles. The van der Waals surface area contributed by atoms with E-state index in [1.165, 1.54) is 53.2 Å². The van der Waals surface area contributed by atoms with Crippen molar-refractivity contribution in [3.8, 4) is 22.3 Å². The van der Waals surface area contributed by atoms with Crippen molar-refractivity contribution in [1.29, 1.82) is 0 Å². The van der Waals surface area contributed by atoms with Crippen molar-refractivity contribution in [2.75, 3.05) is 4.90 Å². The lowest BCUT2D eigenvalue weighted by molar-refractivity contribution is 0.669. The van der Waals surface area contributed by atoms with Crippen molar-refractivity contribution in [1.82, 2.24) is 0 Å². The average molecular weight is 644 g/mol. The minimum absolute atomic E-state index is 0.873. The Bertz CT molecular complexity index is 2840. The minimum Gasteiger partial charge on any atom is -0.454 e. The number of hydrogen-bond donors (Lipinski definition) is 0. The number of fused-ring (bicyclic) bond motifs is 7. The largest absolute Gasteiger partial charge is 0.454 e. The first kappa shape index (κ1) is 27.9. The molecule has 8 aromatic carbocycles. The molecule has 2 heterocycles. The standard InChI is InChI=1S/C46H29NOS/c1-2-15-35-30(11-1)12-8-18-36(35)32-13-7-14-34(29-32)47(41-21-9-20-39-38-16-3-5-22-42(38)48-46(39)41)33-27-25-31(26-28-33)37-19-10-24-44-45(37)40-17-4-6-23-43(40)49-44/h1-29H. The fourth-order valence-electron chi connectivity index (χ4n) is 7.43. The van der Waals surface area contributed by atoms with Gasteiger partial charge in [-0.25, -0.2) is 0 Å². The molecule has 230 valence electrons. The number of rotatable bonds is 5. The molecule has 0 aliphatic heterocycles. The Labute approximate surface area is 287 Å². The normalized spacial score (nSPS) is 11.7. The lowest BCUT2D eigenvalue weighted by Crippen LogP contribution is -2.10. The number of furan rings is 1. The Balaban J connectivity index is 1.17. The molecule has 2 nitrogen and oxygen atoms in total. The van der Waals surface area contributed by atoms with Gasteiger partial charge in [-0.1, -0.05) is 127 Å². The third-order valence-corrected chi connectivity index (χ3v) is 10.8. The second kappa shape index (κ2) is 11.2. The number of para-hydroxylation sites is 2. The van der Waals surface area contributed by atoms with Crippen LogP contribution in [0.1, 0.15) is 0 Å². The van der Waals surface area contributed by atoms with Gasteiger partial charge < -0.3 is 9.32 Å². The summed E-state index contributed by atoms with van der Waals surface area (Å²) < 4.78 is 9.24. The summed E-state index contributed by atoms with van der Waals surface area (Å²) in [5.74, 6) is 0. The molecule has 0 aliphatic rings. The van der Waals surface area contributed by atoms with Crippen LogP contribution in [0.25, 0.3) is 75.1 Å². The zero-order valence-electron chi connectivity index (χ0n) is 26.5. The predicted octanol–water partition coefficient (Wildman–Crippen LogP) is 13.9. The Morgan fingerprint density at radius 3 is 2.02 bits per heavy atom. The summed E-state index contributed by atoms with van der Waals surface area (Å²) in [6.07, 6.45) is 0. The van der Waals surface area contributed by atoms with Crippen molar-refractivity contribution in [2.45, 2.75) is 0 Å². The molecule has 0 unspecified atom stereocenters. The molecular weight excluding hydrogens is 615 g/mol. The van der Waals surface area contributed by atoms with E-state index < -0.39 is 0 Å². The monoisotopic (exact) mass is 643 g/mol. The Hall–Kier alpha value is -6.16. The van der Waals surface area contributed by atoms with Crippen LogP contribution in [-0.4, -0.2) is 0 Å². The minimum atomic E-state index is 0.873. The molecule has 10 aromatic rings. The second-order valence-corrected chi connectivity index (χ2v) is 13.6. The topological polar surface area (TPSA) is 16.4 Å². The fourth-order valence-corrected chi connectivity index (χ4v) is 8.56. The Morgan fingerprint density at radius 1 is 0.429 bits per heavy atom. The van der Waals surface area contributed by atoms with Crippen LogP contribution in [0.4, 0.5) is 17.1 Å². The zero-order valence-corrected chi connectivity index (χ0v) is 27.3. The second-order valence-electron chi connectivity index (χ2n) is 12.5. The van der Waals surface area contributed by atoms with Crippen LogP contribution in [0.2, 0.25) is 0 Å².